The van der Waals surface area contributed by atoms with Crippen LogP contribution in [0.4, 0.5) is 8.78 Å². The zero-order valence-corrected chi connectivity index (χ0v) is 20.2. The van der Waals surface area contributed by atoms with E-state index in [0.29, 0.717) is 51.4 Å². The Hall–Kier alpha value is -1.60. The number of carbonyl (C=O) groups excluding carboxylic acids is 2. The van der Waals surface area contributed by atoms with E-state index < -0.39 is 28.7 Å². The third-order valence-electron chi connectivity index (χ3n) is 8.02. The van der Waals surface area contributed by atoms with Gasteiger partial charge in [0.1, 0.15) is 5.67 Å². The quantitative estimate of drug-likeness (QED) is 0.448. The maximum absolute atomic E-state index is 15.3. The Bertz CT molecular complexity index is 907. The number of fused-ring (bicyclic) bond motifs is 3. The summed E-state index contributed by atoms with van der Waals surface area (Å²) in [5, 5.41) is 16.0. The van der Waals surface area contributed by atoms with Gasteiger partial charge in [-0.1, -0.05) is 29.6 Å². The van der Waals surface area contributed by atoms with E-state index in [0.717, 1.165) is 18.9 Å². The summed E-state index contributed by atoms with van der Waals surface area (Å²) in [5.41, 5.74) is -1.81. The number of carbonyl (C=O) groups is 2. The predicted molar refractivity (Wildman–Crippen MR) is 123 cm³/mol. The molecular weight excluding hydrogens is 473 g/mol. The zero-order chi connectivity index (χ0) is 24.0. The molecule has 182 valence electrons. The fourth-order valence-corrected chi connectivity index (χ4v) is 6.55. The first-order valence-electron chi connectivity index (χ1n) is 11.7. The molecule has 3 atom stereocenters. The van der Waals surface area contributed by atoms with Crippen LogP contribution < -0.4 is 10.6 Å². The minimum Gasteiger partial charge on any atom is -0.505 e. The third-order valence-corrected chi connectivity index (χ3v) is 8.83. The summed E-state index contributed by atoms with van der Waals surface area (Å²) in [6, 6.07) is 0.121. The Labute approximate surface area is 202 Å². The van der Waals surface area contributed by atoms with Crippen LogP contribution in [0.15, 0.2) is 6.07 Å². The van der Waals surface area contributed by atoms with Gasteiger partial charge in [-0.2, -0.15) is 0 Å². The first kappa shape index (κ1) is 24.5. The van der Waals surface area contributed by atoms with E-state index in [4.69, 9.17) is 23.2 Å². The number of nitrogens with one attached hydrogen (secondary N) is 2. The summed E-state index contributed by atoms with van der Waals surface area (Å²) >= 11 is 12.6. The van der Waals surface area contributed by atoms with Crippen molar-refractivity contribution in [2.24, 2.45) is 11.3 Å². The van der Waals surface area contributed by atoms with Crippen molar-refractivity contribution in [3.8, 4) is 5.75 Å². The van der Waals surface area contributed by atoms with Crippen LogP contribution in [0, 0.1) is 17.2 Å². The molecule has 0 unspecified atom stereocenters. The third kappa shape index (κ3) is 4.81. The van der Waals surface area contributed by atoms with Crippen LogP contribution in [0.2, 0.25) is 10.0 Å². The summed E-state index contributed by atoms with van der Waals surface area (Å²) in [6.45, 7) is 1.45. The van der Waals surface area contributed by atoms with Gasteiger partial charge in [0.05, 0.1) is 16.1 Å². The lowest BCUT2D eigenvalue weighted by Gasteiger charge is -2.53. The first-order valence-corrected chi connectivity index (χ1v) is 12.4. The molecule has 2 bridgehead atoms. The average molecular weight is 503 g/mol. The second-order valence-corrected chi connectivity index (χ2v) is 10.9. The van der Waals surface area contributed by atoms with Crippen LogP contribution in [-0.4, -0.2) is 28.6 Å². The highest BCUT2D eigenvalue weighted by molar-refractivity contribution is 6.42. The van der Waals surface area contributed by atoms with E-state index in [1.54, 1.807) is 0 Å². The van der Waals surface area contributed by atoms with Crippen LogP contribution in [0.5, 0.6) is 5.75 Å². The molecule has 0 aromatic heterocycles. The lowest BCUT2D eigenvalue weighted by Crippen LogP contribution is -2.52. The largest absolute Gasteiger partial charge is 0.505 e. The Morgan fingerprint density at radius 3 is 2.39 bits per heavy atom. The molecule has 33 heavy (non-hydrogen) atoms. The summed E-state index contributed by atoms with van der Waals surface area (Å²) in [4.78, 5) is 24.9. The van der Waals surface area contributed by atoms with E-state index in [1.165, 1.54) is 6.92 Å². The van der Waals surface area contributed by atoms with Crippen molar-refractivity contribution < 1.29 is 23.5 Å². The maximum Gasteiger partial charge on any atom is 0.223 e. The van der Waals surface area contributed by atoms with Gasteiger partial charge in [-0.15, -0.1) is 0 Å². The molecule has 9 heteroatoms. The number of hydrogen-bond acceptors (Lipinski definition) is 3. The molecule has 1 aromatic rings. The lowest BCUT2D eigenvalue weighted by atomic mass is 9.55. The number of phenolic OH excluding ortho intramolecular Hbond substituents is 1. The van der Waals surface area contributed by atoms with Crippen molar-refractivity contribution in [2.45, 2.75) is 88.9 Å². The van der Waals surface area contributed by atoms with E-state index >= 15 is 4.39 Å². The highest BCUT2D eigenvalue weighted by atomic mass is 35.5. The standard InChI is InChI=1S/C24H30Cl2F2N2O3/c1-13(31)29-15-4-2-3-14(11-15)22(33)30-21(18-19(26)16(25)12-17(32)20(18)27)23-5-8-24(28,9-6-23)10-7-23/h12,14-15,21,32H,2-11H2,1H3,(H,29,31)(H,30,33)/t14-,15-,21+,23?,24?/m0/s1. The van der Waals surface area contributed by atoms with Gasteiger partial charge in [0.2, 0.25) is 11.8 Å². The second-order valence-electron chi connectivity index (χ2n) is 10.1. The van der Waals surface area contributed by atoms with Gasteiger partial charge >= 0.3 is 0 Å². The number of benzene rings is 1. The molecule has 4 saturated carbocycles. The number of rotatable bonds is 5. The molecule has 5 rings (SSSR count). The number of amides is 2. The molecule has 5 nitrogen and oxygen atoms in total. The molecule has 4 aliphatic carbocycles. The average Bonchev–Trinajstić information content (AvgIpc) is 2.77. The summed E-state index contributed by atoms with van der Waals surface area (Å²) in [5.74, 6) is -2.28. The Balaban J connectivity index is 1.66. The summed E-state index contributed by atoms with van der Waals surface area (Å²) in [7, 11) is 0. The number of halogens is 4. The molecule has 0 aliphatic heterocycles. The smallest absolute Gasteiger partial charge is 0.223 e. The number of aromatic hydroxyl groups is 1. The van der Waals surface area contributed by atoms with E-state index in [-0.39, 0.29) is 39.4 Å². The fraction of sp³-hybridized carbons (Fsp3) is 0.667. The van der Waals surface area contributed by atoms with Gasteiger partial charge in [-0.25, -0.2) is 8.78 Å². The van der Waals surface area contributed by atoms with Gasteiger partial charge in [0, 0.05) is 30.5 Å². The molecule has 3 N–H and O–H groups in total. The van der Waals surface area contributed by atoms with Crippen molar-refractivity contribution in [1.82, 2.24) is 10.6 Å². The Morgan fingerprint density at radius 2 is 1.79 bits per heavy atom. The molecular formula is C24H30Cl2F2N2O3. The molecule has 4 aliphatic rings. The van der Waals surface area contributed by atoms with Gasteiger partial charge in [-0.05, 0) is 63.2 Å². The highest BCUT2D eigenvalue weighted by Gasteiger charge is 2.54. The van der Waals surface area contributed by atoms with Crippen LogP contribution in [0.1, 0.15) is 82.7 Å². The van der Waals surface area contributed by atoms with Gasteiger partial charge in [0.15, 0.2) is 11.6 Å². The van der Waals surface area contributed by atoms with Crippen molar-refractivity contribution >= 4 is 35.0 Å². The lowest BCUT2D eigenvalue weighted by molar-refractivity contribution is -0.131. The number of phenols is 1. The van der Waals surface area contributed by atoms with Crippen molar-refractivity contribution in [3.05, 3.63) is 27.5 Å². The Kier molecular flexibility index (Phi) is 6.85. The normalized spacial score (nSPS) is 32.3. The molecule has 0 spiro atoms. The van der Waals surface area contributed by atoms with Gasteiger partial charge < -0.3 is 15.7 Å². The monoisotopic (exact) mass is 502 g/mol. The highest BCUT2D eigenvalue weighted by Crippen LogP contribution is 2.60. The second kappa shape index (κ2) is 9.21. The molecule has 0 radical (unpaired) electrons. The molecule has 2 amide bonds. The predicted octanol–water partition coefficient (Wildman–Crippen LogP) is 5.75. The van der Waals surface area contributed by atoms with Crippen LogP contribution in [0.3, 0.4) is 0 Å². The van der Waals surface area contributed by atoms with Crippen LogP contribution in [-0.2, 0) is 9.59 Å². The number of alkyl halides is 1. The van der Waals surface area contributed by atoms with E-state index in [2.05, 4.69) is 10.6 Å². The molecule has 0 saturated heterocycles. The van der Waals surface area contributed by atoms with Crippen LogP contribution in [0.25, 0.3) is 0 Å². The minimum atomic E-state index is -1.20. The summed E-state index contributed by atoms with van der Waals surface area (Å²) in [6.07, 6.45) is 5.23. The summed E-state index contributed by atoms with van der Waals surface area (Å²) < 4.78 is 30.2. The van der Waals surface area contributed by atoms with Gasteiger partial charge in [0.25, 0.3) is 0 Å². The fourth-order valence-electron chi connectivity index (χ4n) is 6.10. The first-order chi connectivity index (χ1) is 15.5. The minimum absolute atomic E-state index is 0.00365. The molecule has 1 aromatic carbocycles. The molecule has 0 heterocycles. The van der Waals surface area contributed by atoms with E-state index in [1.807, 2.05) is 0 Å². The van der Waals surface area contributed by atoms with Gasteiger partial charge in [-0.3, -0.25) is 9.59 Å². The molecule has 4 fully saturated rings. The topological polar surface area (TPSA) is 78.4 Å². The maximum atomic E-state index is 15.3. The van der Waals surface area contributed by atoms with Crippen molar-refractivity contribution in [2.75, 3.05) is 0 Å². The Morgan fingerprint density at radius 1 is 1.15 bits per heavy atom. The van der Waals surface area contributed by atoms with Crippen LogP contribution >= 0.6 is 23.2 Å². The van der Waals surface area contributed by atoms with E-state index in [9.17, 15) is 19.1 Å². The van der Waals surface area contributed by atoms with Crippen molar-refractivity contribution in [1.29, 1.82) is 0 Å². The van der Waals surface area contributed by atoms with Crippen molar-refractivity contribution in [3.63, 3.8) is 0 Å². The zero-order valence-electron chi connectivity index (χ0n) is 18.7. The SMILES string of the molecule is CC(=O)N[C@H]1CCC[C@H](C(=O)N[C@H](c2c(F)c(O)cc(Cl)c2Cl)C23CCC(F)(CC2)CC3)C1. The number of hydrogen-bond donors (Lipinski definition) is 3.